The summed E-state index contributed by atoms with van der Waals surface area (Å²) >= 11 is 1.33. The molecule has 10 heteroatoms. The lowest BCUT2D eigenvalue weighted by atomic mass is 10.0. The summed E-state index contributed by atoms with van der Waals surface area (Å²) in [7, 11) is 0. The van der Waals surface area contributed by atoms with Gasteiger partial charge in [-0.1, -0.05) is 11.8 Å². The van der Waals surface area contributed by atoms with E-state index < -0.39 is 17.9 Å². The number of halogens is 4. The first-order valence-corrected chi connectivity index (χ1v) is 13.0. The van der Waals surface area contributed by atoms with E-state index >= 15 is 0 Å². The fraction of sp³-hybridized carbons (Fsp3) is 0.520. The van der Waals surface area contributed by atoms with Gasteiger partial charge >= 0.3 is 6.18 Å². The van der Waals surface area contributed by atoms with Crippen molar-refractivity contribution in [2.75, 3.05) is 54.8 Å². The van der Waals surface area contributed by atoms with Gasteiger partial charge in [-0.05, 0) is 56.0 Å². The highest BCUT2D eigenvalue weighted by molar-refractivity contribution is 7.99. The average Bonchev–Trinajstić information content (AvgIpc) is 2.83. The van der Waals surface area contributed by atoms with Crippen LogP contribution in [0.15, 0.2) is 40.1 Å². The fourth-order valence-corrected chi connectivity index (χ4v) is 6.21. The number of anilines is 4. The first-order chi connectivity index (χ1) is 16.8. The highest BCUT2D eigenvalue weighted by Gasteiger charge is 2.34. The third-order valence-electron chi connectivity index (χ3n) is 7.00. The van der Waals surface area contributed by atoms with E-state index in [1.54, 1.807) is 0 Å². The quantitative estimate of drug-likeness (QED) is 0.385. The first kappa shape index (κ1) is 24.5. The van der Waals surface area contributed by atoms with E-state index in [0.717, 1.165) is 61.7 Å². The summed E-state index contributed by atoms with van der Waals surface area (Å²) in [5.41, 5.74) is 7.89. The third-order valence-corrected chi connectivity index (χ3v) is 8.10. The number of nitrogens with one attached hydrogen (secondary N) is 2. The Morgan fingerprint density at radius 1 is 1.06 bits per heavy atom. The molecule has 0 bridgehead atoms. The molecule has 5 nitrogen and oxygen atoms in total. The summed E-state index contributed by atoms with van der Waals surface area (Å²) in [6, 6.07) is 8.38. The molecule has 2 aromatic carbocycles. The number of alkyl halides is 4. The van der Waals surface area contributed by atoms with Crippen LogP contribution in [0.2, 0.25) is 0 Å². The van der Waals surface area contributed by atoms with Crippen molar-refractivity contribution in [3.05, 3.63) is 35.9 Å². The van der Waals surface area contributed by atoms with Gasteiger partial charge in [-0.3, -0.25) is 0 Å². The Bertz CT molecular complexity index is 1050. The summed E-state index contributed by atoms with van der Waals surface area (Å²) in [6.45, 7) is 4.33. The van der Waals surface area contributed by atoms with Gasteiger partial charge in [-0.15, -0.1) is 0 Å². The molecule has 1 atom stereocenters. The molecule has 190 valence electrons. The van der Waals surface area contributed by atoms with Crippen LogP contribution in [-0.4, -0.2) is 56.4 Å². The molecule has 0 aliphatic carbocycles. The molecule has 3 aliphatic rings. The summed E-state index contributed by atoms with van der Waals surface area (Å²) in [6.07, 6.45) is -2.22. The molecule has 0 saturated carbocycles. The topological polar surface area (TPSA) is 56.6 Å². The second kappa shape index (κ2) is 10.1. The Labute approximate surface area is 207 Å². The predicted molar refractivity (Wildman–Crippen MR) is 134 cm³/mol. The van der Waals surface area contributed by atoms with Crippen LogP contribution in [0.5, 0.6) is 0 Å². The maximum absolute atomic E-state index is 13.9. The van der Waals surface area contributed by atoms with E-state index in [0.29, 0.717) is 35.8 Å². The Kier molecular flexibility index (Phi) is 7.05. The molecular formula is C25H31F4N5S. The van der Waals surface area contributed by atoms with E-state index in [4.69, 9.17) is 5.73 Å². The number of nitrogens with zero attached hydrogens (tertiary/aromatic N) is 2. The number of rotatable bonds is 5. The molecule has 0 amide bonds. The number of hydrogen-bond donors (Lipinski definition) is 3. The molecule has 0 aromatic heterocycles. The smallest absolute Gasteiger partial charge is 0.380 e. The zero-order valence-corrected chi connectivity index (χ0v) is 20.3. The third kappa shape index (κ3) is 5.49. The van der Waals surface area contributed by atoms with E-state index in [1.165, 1.54) is 23.9 Å². The van der Waals surface area contributed by atoms with Gasteiger partial charge in [0.05, 0.1) is 22.6 Å². The van der Waals surface area contributed by atoms with Crippen LogP contribution in [0.3, 0.4) is 0 Å². The monoisotopic (exact) mass is 509 g/mol. The van der Waals surface area contributed by atoms with Crippen molar-refractivity contribution in [3.63, 3.8) is 0 Å². The molecule has 0 radical (unpaired) electrons. The van der Waals surface area contributed by atoms with Crippen LogP contribution < -0.4 is 21.3 Å². The molecule has 2 aromatic rings. The molecule has 2 fully saturated rings. The number of likely N-dealkylation sites (tertiary alicyclic amines) is 1. The van der Waals surface area contributed by atoms with E-state index in [2.05, 4.69) is 15.5 Å². The maximum atomic E-state index is 13.9. The molecule has 4 N–H and O–H groups in total. The van der Waals surface area contributed by atoms with Crippen LogP contribution in [0.4, 0.5) is 40.3 Å². The van der Waals surface area contributed by atoms with Crippen LogP contribution in [0, 0.1) is 0 Å². The van der Waals surface area contributed by atoms with Gasteiger partial charge in [-0.2, -0.15) is 13.2 Å². The molecule has 35 heavy (non-hydrogen) atoms. The van der Waals surface area contributed by atoms with Gasteiger partial charge < -0.3 is 26.2 Å². The normalized spacial score (nSPS) is 21.3. The number of benzene rings is 2. The summed E-state index contributed by atoms with van der Waals surface area (Å²) in [4.78, 5) is 5.68. The van der Waals surface area contributed by atoms with Gasteiger partial charge in [0.2, 0.25) is 0 Å². The van der Waals surface area contributed by atoms with Crippen molar-refractivity contribution in [2.24, 2.45) is 5.73 Å². The second-order valence-electron chi connectivity index (χ2n) is 9.54. The second-order valence-corrected chi connectivity index (χ2v) is 10.6. The zero-order chi connectivity index (χ0) is 24.6. The van der Waals surface area contributed by atoms with Gasteiger partial charge in [-0.25, -0.2) is 4.39 Å². The Hall–Kier alpha value is -2.17. The molecule has 3 aliphatic heterocycles. The van der Waals surface area contributed by atoms with Crippen molar-refractivity contribution < 1.29 is 17.6 Å². The number of fused-ring (bicyclic) bond motifs is 2. The highest BCUT2D eigenvalue weighted by Crippen LogP contribution is 2.50. The lowest BCUT2D eigenvalue weighted by Crippen LogP contribution is -2.41. The summed E-state index contributed by atoms with van der Waals surface area (Å²) in [5, 5.41) is 6.77. The standard InChI is InChI=1S/C25H31F4N5S/c26-17-2-1-8-34(15-17)19-3-4-20-22(14-19)35-23-13-16(25(27,28)29)12-21(24(23)32-20)31-18-5-9-33(10-6-18)11-7-30/h3-4,12-14,17-18,31-32H,1-2,5-11,15,30H2. The zero-order valence-electron chi connectivity index (χ0n) is 19.5. The molecule has 1 unspecified atom stereocenters. The minimum Gasteiger partial charge on any atom is -0.380 e. The molecule has 2 saturated heterocycles. The summed E-state index contributed by atoms with van der Waals surface area (Å²) in [5.74, 6) is 0. The highest BCUT2D eigenvalue weighted by atomic mass is 32.2. The Morgan fingerprint density at radius 3 is 2.57 bits per heavy atom. The van der Waals surface area contributed by atoms with Crippen LogP contribution in [0.25, 0.3) is 0 Å². The largest absolute Gasteiger partial charge is 0.416 e. The molecular weight excluding hydrogens is 478 g/mol. The van der Waals surface area contributed by atoms with Crippen molar-refractivity contribution >= 4 is 34.5 Å². The first-order valence-electron chi connectivity index (χ1n) is 12.2. The minimum atomic E-state index is -4.44. The van der Waals surface area contributed by atoms with Crippen molar-refractivity contribution in [2.45, 2.75) is 53.9 Å². The van der Waals surface area contributed by atoms with E-state index in [9.17, 15) is 17.6 Å². The van der Waals surface area contributed by atoms with Crippen LogP contribution in [-0.2, 0) is 6.18 Å². The molecule has 0 spiro atoms. The number of piperidine rings is 2. The fourth-order valence-electron chi connectivity index (χ4n) is 5.11. The minimum absolute atomic E-state index is 0.0972. The van der Waals surface area contributed by atoms with Crippen molar-refractivity contribution in [3.8, 4) is 0 Å². The average molecular weight is 510 g/mol. The molecule has 3 heterocycles. The lowest BCUT2D eigenvalue weighted by molar-refractivity contribution is -0.137. The SMILES string of the molecule is NCCN1CCC(Nc2cc(C(F)(F)F)cc3c2Nc2ccc(N4CCCC(F)C4)cc2S3)CC1. The molecule has 5 rings (SSSR count). The van der Waals surface area contributed by atoms with Gasteiger partial charge in [0, 0.05) is 60.8 Å². The maximum Gasteiger partial charge on any atom is 0.416 e. The number of hydrogen-bond acceptors (Lipinski definition) is 6. The van der Waals surface area contributed by atoms with Crippen molar-refractivity contribution in [1.29, 1.82) is 0 Å². The predicted octanol–water partition coefficient (Wildman–Crippen LogP) is 5.69. The van der Waals surface area contributed by atoms with Crippen LogP contribution in [0.1, 0.15) is 31.2 Å². The van der Waals surface area contributed by atoms with E-state index in [1.807, 2.05) is 23.1 Å². The van der Waals surface area contributed by atoms with Crippen LogP contribution >= 0.6 is 11.8 Å². The van der Waals surface area contributed by atoms with Crippen molar-refractivity contribution in [1.82, 2.24) is 4.90 Å². The van der Waals surface area contributed by atoms with Gasteiger partial charge in [0.15, 0.2) is 0 Å². The Morgan fingerprint density at radius 2 is 1.86 bits per heavy atom. The lowest BCUT2D eigenvalue weighted by Gasteiger charge is -2.34. The number of nitrogens with two attached hydrogens (primary N) is 1. The Balaban J connectivity index is 1.40. The van der Waals surface area contributed by atoms with Gasteiger partial charge in [0.1, 0.15) is 6.17 Å². The van der Waals surface area contributed by atoms with E-state index in [-0.39, 0.29) is 6.04 Å². The summed E-state index contributed by atoms with van der Waals surface area (Å²) < 4.78 is 55.2. The van der Waals surface area contributed by atoms with Gasteiger partial charge in [0.25, 0.3) is 0 Å².